The van der Waals surface area contributed by atoms with Crippen molar-refractivity contribution in [1.29, 1.82) is 0 Å². The van der Waals surface area contributed by atoms with Crippen molar-refractivity contribution in [3.8, 4) is 16.7 Å². The quantitative estimate of drug-likeness (QED) is 0.554. The maximum atomic E-state index is 12.9. The molecule has 3 heterocycles. The lowest BCUT2D eigenvalue weighted by atomic mass is 10.2. The number of carbonyl (C=O) groups is 2. The van der Waals surface area contributed by atoms with Crippen molar-refractivity contribution in [1.82, 2.24) is 19.9 Å². The SMILES string of the molecule is Cc1cnc(NC(=O)c2cc(Oc3nc(C)c(C(=O)N4CCC4)s3)cc(OC(C)C)c2)cn1. The van der Waals surface area contributed by atoms with Crippen molar-refractivity contribution in [3.63, 3.8) is 0 Å². The summed E-state index contributed by atoms with van der Waals surface area (Å²) in [7, 11) is 0. The minimum absolute atomic E-state index is 0.0257. The smallest absolute Gasteiger partial charge is 0.279 e. The van der Waals surface area contributed by atoms with Crippen LogP contribution < -0.4 is 14.8 Å². The van der Waals surface area contributed by atoms with Gasteiger partial charge >= 0.3 is 0 Å². The van der Waals surface area contributed by atoms with Gasteiger partial charge in [0.15, 0.2) is 5.82 Å². The van der Waals surface area contributed by atoms with Gasteiger partial charge < -0.3 is 19.7 Å². The van der Waals surface area contributed by atoms with Gasteiger partial charge in [-0.1, -0.05) is 11.3 Å². The molecule has 0 unspecified atom stereocenters. The highest BCUT2D eigenvalue weighted by atomic mass is 32.1. The van der Waals surface area contributed by atoms with Gasteiger partial charge in [-0.05, 0) is 46.2 Å². The molecule has 33 heavy (non-hydrogen) atoms. The number of amides is 2. The number of anilines is 1. The standard InChI is InChI=1S/C23H25N5O4S/c1-13(2)31-17-8-16(21(29)27-19-12-24-14(3)11-25-19)9-18(10-17)32-23-26-15(4)20(33-23)22(30)28-6-5-7-28/h8-13H,5-7H2,1-4H3,(H,25,27,29). The topological polar surface area (TPSA) is 107 Å². The van der Waals surface area contributed by atoms with Crippen molar-refractivity contribution >= 4 is 29.0 Å². The highest BCUT2D eigenvalue weighted by molar-refractivity contribution is 7.15. The van der Waals surface area contributed by atoms with Crippen LogP contribution in [0.4, 0.5) is 5.82 Å². The zero-order chi connectivity index (χ0) is 23.5. The molecule has 0 saturated carbocycles. The van der Waals surface area contributed by atoms with E-state index in [0.717, 1.165) is 25.2 Å². The van der Waals surface area contributed by atoms with Gasteiger partial charge in [0.1, 0.15) is 16.4 Å². The molecule has 0 aliphatic carbocycles. The molecule has 1 N–H and O–H groups in total. The summed E-state index contributed by atoms with van der Waals surface area (Å²) < 4.78 is 11.8. The molecule has 1 aliphatic heterocycles. The molecule has 1 fully saturated rings. The van der Waals surface area contributed by atoms with Gasteiger partial charge in [0.2, 0.25) is 0 Å². The van der Waals surface area contributed by atoms with Crippen molar-refractivity contribution in [2.45, 2.75) is 40.2 Å². The number of hydrogen-bond acceptors (Lipinski definition) is 8. The number of ether oxygens (including phenoxy) is 2. The summed E-state index contributed by atoms with van der Waals surface area (Å²) in [5.74, 6) is 0.796. The molecule has 0 bridgehead atoms. The van der Waals surface area contributed by atoms with Crippen LogP contribution in [0.5, 0.6) is 16.7 Å². The minimum Gasteiger partial charge on any atom is -0.491 e. The van der Waals surface area contributed by atoms with Crippen molar-refractivity contribution in [2.75, 3.05) is 18.4 Å². The van der Waals surface area contributed by atoms with E-state index in [9.17, 15) is 9.59 Å². The normalized spacial score (nSPS) is 12.9. The van der Waals surface area contributed by atoms with Crippen molar-refractivity contribution in [2.24, 2.45) is 0 Å². The first kappa shape index (κ1) is 22.7. The third kappa shape index (κ3) is 5.46. The molecule has 0 radical (unpaired) electrons. The Morgan fingerprint density at radius 2 is 1.85 bits per heavy atom. The summed E-state index contributed by atoms with van der Waals surface area (Å²) in [6.07, 6.45) is 4.00. The number of nitrogens with one attached hydrogen (secondary N) is 1. The summed E-state index contributed by atoms with van der Waals surface area (Å²) in [4.78, 5) is 40.5. The van der Waals surface area contributed by atoms with Gasteiger partial charge in [-0.2, -0.15) is 0 Å². The molecule has 1 saturated heterocycles. The fourth-order valence-corrected chi connectivity index (χ4v) is 4.03. The van der Waals surface area contributed by atoms with Crippen LogP contribution in [0.2, 0.25) is 0 Å². The van der Waals surface area contributed by atoms with Crippen LogP contribution in [-0.4, -0.2) is 50.9 Å². The summed E-state index contributed by atoms with van der Waals surface area (Å²) in [6, 6.07) is 4.92. The number of aryl methyl sites for hydroxylation is 2. The lowest BCUT2D eigenvalue weighted by molar-refractivity contribution is 0.0656. The van der Waals surface area contributed by atoms with Crippen molar-refractivity contribution < 1.29 is 19.1 Å². The van der Waals surface area contributed by atoms with Crippen LogP contribution in [0.25, 0.3) is 0 Å². The molecule has 172 valence electrons. The molecule has 0 atom stereocenters. The fraction of sp³-hybridized carbons (Fsp3) is 0.348. The van der Waals surface area contributed by atoms with Gasteiger partial charge in [-0.15, -0.1) is 0 Å². The van der Waals surface area contributed by atoms with Gasteiger partial charge in [-0.3, -0.25) is 14.6 Å². The molecule has 2 aromatic heterocycles. The Balaban J connectivity index is 1.57. The van der Waals surface area contributed by atoms with Crippen LogP contribution in [0.3, 0.4) is 0 Å². The van der Waals surface area contributed by atoms with E-state index < -0.39 is 0 Å². The molecule has 1 aliphatic rings. The number of benzene rings is 1. The molecule has 3 aromatic rings. The van der Waals surface area contributed by atoms with Crippen LogP contribution >= 0.6 is 11.3 Å². The van der Waals surface area contributed by atoms with E-state index in [2.05, 4.69) is 20.3 Å². The van der Waals surface area contributed by atoms with Crippen LogP contribution in [0, 0.1) is 13.8 Å². The minimum atomic E-state index is -0.379. The van der Waals surface area contributed by atoms with Gasteiger partial charge in [0, 0.05) is 24.7 Å². The first-order chi connectivity index (χ1) is 15.8. The van der Waals surface area contributed by atoms with E-state index in [1.54, 1.807) is 36.2 Å². The molecular formula is C23H25N5O4S. The largest absolute Gasteiger partial charge is 0.491 e. The molecule has 0 spiro atoms. The third-order valence-corrected chi connectivity index (χ3v) is 5.88. The molecule has 9 nitrogen and oxygen atoms in total. The average Bonchev–Trinajstić information content (AvgIpc) is 3.07. The highest BCUT2D eigenvalue weighted by Crippen LogP contribution is 2.33. The Morgan fingerprint density at radius 3 is 2.48 bits per heavy atom. The maximum Gasteiger partial charge on any atom is 0.279 e. The fourth-order valence-electron chi connectivity index (χ4n) is 3.13. The van der Waals surface area contributed by atoms with Crippen LogP contribution in [-0.2, 0) is 0 Å². The molecule has 1 aromatic carbocycles. The number of aromatic nitrogens is 3. The van der Waals surface area contributed by atoms with Gasteiger partial charge in [0.25, 0.3) is 17.0 Å². The van der Waals surface area contributed by atoms with E-state index in [4.69, 9.17) is 9.47 Å². The van der Waals surface area contributed by atoms with Gasteiger partial charge in [0.05, 0.1) is 29.9 Å². The molecule has 4 rings (SSSR count). The molecule has 10 heteroatoms. The number of rotatable bonds is 7. The number of thiazole rings is 1. The lowest BCUT2D eigenvalue weighted by Crippen LogP contribution is -2.41. The predicted molar refractivity (Wildman–Crippen MR) is 124 cm³/mol. The molecule has 2 amide bonds. The zero-order valence-corrected chi connectivity index (χ0v) is 19.7. The number of carbonyl (C=O) groups excluding carboxylic acids is 2. The average molecular weight is 468 g/mol. The summed E-state index contributed by atoms with van der Waals surface area (Å²) in [5, 5.41) is 3.05. The van der Waals surface area contributed by atoms with E-state index in [0.29, 0.717) is 38.6 Å². The maximum absolute atomic E-state index is 12.9. The van der Waals surface area contributed by atoms with Crippen LogP contribution in [0.15, 0.2) is 30.6 Å². The Bertz CT molecular complexity index is 1170. The van der Waals surface area contributed by atoms with E-state index >= 15 is 0 Å². The van der Waals surface area contributed by atoms with Crippen molar-refractivity contribution in [3.05, 3.63) is 52.4 Å². The van der Waals surface area contributed by atoms with E-state index in [-0.39, 0.29) is 17.9 Å². The molecular weight excluding hydrogens is 442 g/mol. The van der Waals surface area contributed by atoms with Crippen LogP contribution in [0.1, 0.15) is 51.7 Å². The van der Waals surface area contributed by atoms with E-state index in [1.165, 1.54) is 17.5 Å². The first-order valence-electron chi connectivity index (χ1n) is 10.6. The third-order valence-electron chi connectivity index (χ3n) is 4.86. The highest BCUT2D eigenvalue weighted by Gasteiger charge is 2.26. The Labute approximate surface area is 195 Å². The summed E-state index contributed by atoms with van der Waals surface area (Å²) in [6.45, 7) is 8.93. The van der Waals surface area contributed by atoms with E-state index in [1.807, 2.05) is 20.8 Å². The second-order valence-corrected chi connectivity index (χ2v) is 8.96. The summed E-state index contributed by atoms with van der Waals surface area (Å²) >= 11 is 1.19. The lowest BCUT2D eigenvalue weighted by Gasteiger charge is -2.30. The number of hydrogen-bond donors (Lipinski definition) is 1. The number of likely N-dealkylation sites (tertiary alicyclic amines) is 1. The zero-order valence-electron chi connectivity index (χ0n) is 18.9. The first-order valence-corrected chi connectivity index (χ1v) is 11.5. The van der Waals surface area contributed by atoms with Gasteiger partial charge in [-0.25, -0.2) is 9.97 Å². The number of nitrogens with zero attached hydrogens (tertiary/aromatic N) is 4. The Morgan fingerprint density at radius 1 is 1.09 bits per heavy atom. The predicted octanol–water partition coefficient (Wildman–Crippen LogP) is 4.23. The second-order valence-electron chi connectivity index (χ2n) is 8.00. The monoisotopic (exact) mass is 467 g/mol. The summed E-state index contributed by atoms with van der Waals surface area (Å²) in [5.41, 5.74) is 1.70. The Hall–Kier alpha value is -3.53. The second kappa shape index (κ2) is 9.53. The Kier molecular flexibility index (Phi) is 6.55.